The number of nitrogens with zero attached hydrogens (tertiary/aromatic N) is 1. The standard InChI is InChI=1S/C20H19BrFNO3/c1-3-26-19-18(20(24)25)12(2)16-8-7-14(21)10-17(16)23(19)11-13-5-4-6-15(22)9-13/h4-10,19H,3,11H2,1-2H3,(H,24,25). The average Bonchev–Trinajstić information content (AvgIpc) is 2.58. The molecule has 0 aliphatic carbocycles. The Morgan fingerprint density at radius 3 is 2.73 bits per heavy atom. The van der Waals surface area contributed by atoms with Gasteiger partial charge in [-0.2, -0.15) is 0 Å². The second-order valence-corrected chi connectivity index (χ2v) is 6.99. The van der Waals surface area contributed by atoms with E-state index in [1.54, 1.807) is 13.0 Å². The van der Waals surface area contributed by atoms with Gasteiger partial charge in [0.25, 0.3) is 0 Å². The monoisotopic (exact) mass is 419 g/mol. The number of benzene rings is 2. The number of hydrogen-bond donors (Lipinski definition) is 1. The number of aliphatic carboxylic acids is 1. The van der Waals surface area contributed by atoms with Crippen LogP contribution in [0, 0.1) is 5.82 Å². The van der Waals surface area contributed by atoms with Gasteiger partial charge in [0.15, 0.2) is 6.23 Å². The molecule has 6 heteroatoms. The number of carboxylic acids is 1. The summed E-state index contributed by atoms with van der Waals surface area (Å²) in [6.07, 6.45) is -0.748. The molecule has 1 atom stereocenters. The highest BCUT2D eigenvalue weighted by atomic mass is 79.9. The number of allylic oxidation sites excluding steroid dienone is 1. The lowest BCUT2D eigenvalue weighted by molar-refractivity contribution is -0.134. The zero-order chi connectivity index (χ0) is 18.8. The van der Waals surface area contributed by atoms with Gasteiger partial charge in [0.1, 0.15) is 5.82 Å². The van der Waals surface area contributed by atoms with Crippen LogP contribution in [0.1, 0.15) is 25.0 Å². The van der Waals surface area contributed by atoms with Crippen molar-refractivity contribution in [2.45, 2.75) is 26.6 Å². The first-order valence-corrected chi connectivity index (χ1v) is 9.08. The number of carboxylic acid groups (broad SMARTS) is 1. The number of carbonyl (C=O) groups is 1. The maximum atomic E-state index is 13.6. The minimum absolute atomic E-state index is 0.207. The molecule has 0 saturated carbocycles. The molecule has 136 valence electrons. The smallest absolute Gasteiger partial charge is 0.336 e. The van der Waals surface area contributed by atoms with E-state index in [9.17, 15) is 14.3 Å². The largest absolute Gasteiger partial charge is 0.478 e. The lowest BCUT2D eigenvalue weighted by atomic mass is 9.92. The minimum Gasteiger partial charge on any atom is -0.478 e. The first-order valence-electron chi connectivity index (χ1n) is 8.29. The predicted molar refractivity (Wildman–Crippen MR) is 102 cm³/mol. The van der Waals surface area contributed by atoms with Crippen molar-refractivity contribution in [3.8, 4) is 0 Å². The zero-order valence-electron chi connectivity index (χ0n) is 14.5. The van der Waals surface area contributed by atoms with E-state index in [-0.39, 0.29) is 11.4 Å². The Labute approximate surface area is 160 Å². The van der Waals surface area contributed by atoms with Crippen molar-refractivity contribution in [2.75, 3.05) is 11.5 Å². The van der Waals surface area contributed by atoms with Gasteiger partial charge in [0, 0.05) is 28.9 Å². The quantitative estimate of drug-likeness (QED) is 0.753. The van der Waals surface area contributed by atoms with Gasteiger partial charge in [-0.25, -0.2) is 9.18 Å². The second kappa shape index (κ2) is 7.60. The van der Waals surface area contributed by atoms with Crippen molar-refractivity contribution < 1.29 is 19.0 Å². The van der Waals surface area contributed by atoms with Gasteiger partial charge in [-0.3, -0.25) is 0 Å². The fourth-order valence-electron chi connectivity index (χ4n) is 3.27. The molecule has 4 nitrogen and oxygen atoms in total. The first-order chi connectivity index (χ1) is 12.4. The van der Waals surface area contributed by atoms with Crippen molar-refractivity contribution in [3.05, 3.63) is 69.5 Å². The van der Waals surface area contributed by atoms with Crippen LogP contribution in [0.15, 0.2) is 52.5 Å². The highest BCUT2D eigenvalue weighted by molar-refractivity contribution is 9.10. The molecular weight excluding hydrogens is 401 g/mol. The second-order valence-electron chi connectivity index (χ2n) is 6.07. The molecule has 1 heterocycles. The summed E-state index contributed by atoms with van der Waals surface area (Å²) in [7, 11) is 0. The van der Waals surface area contributed by atoms with Crippen molar-refractivity contribution in [1.82, 2.24) is 0 Å². The van der Waals surface area contributed by atoms with Crippen molar-refractivity contribution >= 4 is 33.2 Å². The van der Waals surface area contributed by atoms with Gasteiger partial charge >= 0.3 is 5.97 Å². The van der Waals surface area contributed by atoms with Crippen molar-refractivity contribution in [1.29, 1.82) is 0 Å². The van der Waals surface area contributed by atoms with Crippen LogP contribution in [-0.2, 0) is 16.1 Å². The molecule has 0 bridgehead atoms. The van der Waals surface area contributed by atoms with E-state index in [1.807, 2.05) is 36.1 Å². The molecule has 2 aromatic rings. The van der Waals surface area contributed by atoms with Crippen LogP contribution >= 0.6 is 15.9 Å². The fraction of sp³-hybridized carbons (Fsp3) is 0.250. The Bertz CT molecular complexity index is 881. The molecule has 2 aromatic carbocycles. The summed E-state index contributed by atoms with van der Waals surface area (Å²) in [5.74, 6) is -1.34. The SMILES string of the molecule is CCOC1C(C(=O)O)=C(C)c2ccc(Br)cc2N1Cc1cccc(F)c1. The third-order valence-corrected chi connectivity index (χ3v) is 4.90. The number of halogens is 2. The van der Waals surface area contributed by atoms with Gasteiger partial charge in [-0.1, -0.05) is 34.1 Å². The van der Waals surface area contributed by atoms with Crippen molar-refractivity contribution in [2.24, 2.45) is 0 Å². The van der Waals surface area contributed by atoms with Gasteiger partial charge in [0.2, 0.25) is 0 Å². The van der Waals surface area contributed by atoms with E-state index in [0.717, 1.165) is 21.3 Å². The lowest BCUT2D eigenvalue weighted by Crippen LogP contribution is -2.43. The Morgan fingerprint density at radius 2 is 2.08 bits per heavy atom. The van der Waals surface area contributed by atoms with E-state index in [4.69, 9.17) is 4.74 Å². The summed E-state index contributed by atoms with van der Waals surface area (Å²) in [5.41, 5.74) is 3.31. The van der Waals surface area contributed by atoms with E-state index in [0.29, 0.717) is 18.7 Å². The molecule has 0 fully saturated rings. The molecule has 0 radical (unpaired) electrons. The molecule has 1 N–H and O–H groups in total. The number of rotatable bonds is 5. The Balaban J connectivity index is 2.16. The molecule has 26 heavy (non-hydrogen) atoms. The van der Waals surface area contributed by atoms with Crippen LogP contribution in [-0.4, -0.2) is 23.9 Å². The van der Waals surface area contributed by atoms with Crippen LogP contribution in [0.4, 0.5) is 10.1 Å². The molecule has 1 aliphatic heterocycles. The van der Waals surface area contributed by atoms with Gasteiger partial charge < -0.3 is 14.7 Å². The van der Waals surface area contributed by atoms with E-state index < -0.39 is 12.2 Å². The maximum absolute atomic E-state index is 13.6. The third-order valence-electron chi connectivity index (χ3n) is 4.40. The molecule has 3 rings (SSSR count). The molecule has 0 spiro atoms. The summed E-state index contributed by atoms with van der Waals surface area (Å²) in [6.45, 7) is 4.31. The number of ether oxygens (including phenoxy) is 1. The highest BCUT2D eigenvalue weighted by Gasteiger charge is 2.36. The first kappa shape index (κ1) is 18.6. The van der Waals surface area contributed by atoms with E-state index in [2.05, 4.69) is 15.9 Å². The van der Waals surface area contributed by atoms with Crippen LogP contribution in [0.3, 0.4) is 0 Å². The Morgan fingerprint density at radius 1 is 1.31 bits per heavy atom. The van der Waals surface area contributed by atoms with Crippen LogP contribution in [0.2, 0.25) is 0 Å². The number of fused-ring (bicyclic) bond motifs is 1. The topological polar surface area (TPSA) is 49.8 Å². The Kier molecular flexibility index (Phi) is 5.44. The normalized spacial score (nSPS) is 16.6. The maximum Gasteiger partial charge on any atom is 0.336 e. The molecule has 1 unspecified atom stereocenters. The van der Waals surface area contributed by atoms with Gasteiger partial charge in [-0.15, -0.1) is 0 Å². The van der Waals surface area contributed by atoms with Crippen LogP contribution in [0.5, 0.6) is 0 Å². The van der Waals surface area contributed by atoms with Gasteiger partial charge in [0.05, 0.1) is 5.57 Å². The summed E-state index contributed by atoms with van der Waals surface area (Å²) in [6, 6.07) is 12.0. The number of anilines is 1. The molecule has 0 aromatic heterocycles. The fourth-order valence-corrected chi connectivity index (χ4v) is 3.62. The predicted octanol–water partition coefficient (Wildman–Crippen LogP) is 4.83. The molecular formula is C20H19BrFNO3. The summed E-state index contributed by atoms with van der Waals surface area (Å²) < 4.78 is 20.3. The average molecular weight is 420 g/mol. The van der Waals surface area contributed by atoms with Crippen molar-refractivity contribution in [3.63, 3.8) is 0 Å². The summed E-state index contributed by atoms with van der Waals surface area (Å²) in [5, 5.41) is 9.78. The van der Waals surface area contributed by atoms with Gasteiger partial charge in [-0.05, 0) is 49.2 Å². The Hall–Kier alpha value is -2.18. The van der Waals surface area contributed by atoms with E-state index in [1.165, 1.54) is 12.1 Å². The summed E-state index contributed by atoms with van der Waals surface area (Å²) in [4.78, 5) is 13.8. The third kappa shape index (κ3) is 3.52. The zero-order valence-corrected chi connectivity index (χ0v) is 16.1. The van der Waals surface area contributed by atoms with Crippen LogP contribution < -0.4 is 4.90 Å². The molecule has 0 amide bonds. The number of hydrogen-bond acceptors (Lipinski definition) is 3. The minimum atomic E-state index is -1.02. The molecule has 1 aliphatic rings. The highest BCUT2D eigenvalue weighted by Crippen LogP contribution is 2.40. The van der Waals surface area contributed by atoms with Crippen LogP contribution in [0.25, 0.3) is 5.57 Å². The lowest BCUT2D eigenvalue weighted by Gasteiger charge is -2.39. The van der Waals surface area contributed by atoms with E-state index >= 15 is 0 Å². The summed E-state index contributed by atoms with van der Waals surface area (Å²) >= 11 is 3.48. The molecule has 0 saturated heterocycles.